The van der Waals surface area contributed by atoms with E-state index in [1.54, 1.807) is 6.08 Å². The van der Waals surface area contributed by atoms with E-state index in [1.807, 2.05) is 6.08 Å². The molecule has 1 amide bonds. The second-order valence-corrected chi connectivity index (χ2v) is 19.7. The number of rotatable bonds is 38. The van der Waals surface area contributed by atoms with Gasteiger partial charge in [0, 0.05) is 6.42 Å². The summed E-state index contributed by atoms with van der Waals surface area (Å²) in [4.78, 5) is 13.2. The molecule has 19 heteroatoms. The molecule has 0 saturated carbocycles. The minimum Gasteiger partial charge on any atom is -0.394 e. The van der Waals surface area contributed by atoms with Crippen LogP contribution in [0, 0.1) is 0 Å². The van der Waals surface area contributed by atoms with Gasteiger partial charge >= 0.3 is 0 Å². The largest absolute Gasteiger partial charge is 0.394 e. The molecule has 71 heavy (non-hydrogen) atoms. The van der Waals surface area contributed by atoms with Gasteiger partial charge in [-0.25, -0.2) is 0 Å². The van der Waals surface area contributed by atoms with E-state index in [1.165, 1.54) is 89.9 Å². The van der Waals surface area contributed by atoms with E-state index in [0.29, 0.717) is 12.8 Å². The van der Waals surface area contributed by atoms with Gasteiger partial charge in [-0.3, -0.25) is 4.79 Å². The molecule has 3 aliphatic rings. The van der Waals surface area contributed by atoms with Gasteiger partial charge in [0.25, 0.3) is 0 Å². The number of carbonyl (C=O) groups is 1. The van der Waals surface area contributed by atoms with Gasteiger partial charge in [-0.15, -0.1) is 0 Å². The van der Waals surface area contributed by atoms with Crippen molar-refractivity contribution < 1.29 is 89.4 Å². The van der Waals surface area contributed by atoms with E-state index < -0.39 is 124 Å². The topological polar surface area (TPSA) is 307 Å². The van der Waals surface area contributed by atoms with Crippen molar-refractivity contribution in [3.8, 4) is 0 Å². The molecule has 3 saturated heterocycles. The molecular weight excluding hydrogens is 927 g/mol. The highest BCUT2D eigenvalue weighted by Gasteiger charge is 2.53. The molecule has 3 rings (SSSR count). The fourth-order valence-electron chi connectivity index (χ4n) is 9.20. The molecule has 0 spiro atoms. The molecule has 17 atom stereocenters. The van der Waals surface area contributed by atoms with Gasteiger partial charge in [-0.1, -0.05) is 154 Å². The van der Waals surface area contributed by atoms with Crippen LogP contribution in [0.1, 0.15) is 168 Å². The summed E-state index contributed by atoms with van der Waals surface area (Å²) in [6, 6.07) is -0.982. The Bertz CT molecular complexity index is 1410. The highest BCUT2D eigenvalue weighted by Crippen LogP contribution is 2.33. The number of hydrogen-bond acceptors (Lipinski definition) is 18. The number of amides is 1. The lowest BCUT2D eigenvalue weighted by Crippen LogP contribution is -2.66. The standard InChI is InChI=1S/C52H95NO18/c1-3-5-7-9-11-13-14-15-16-17-18-19-20-21-22-23-25-27-29-36(57)35(53-40(58)30-28-26-24-12-10-8-6-4-2)34-66-50-46(64)43(61)48(38(32-55)68-50)71-52-47(65)44(62)49(39(33-56)69-52)70-51-45(63)42(60)41(59)37(31-54)67-51/h21-22,27,29,35-39,41-52,54-57,59-65H,3-20,23-26,28,30-34H2,1-2H3,(H,53,58)/b22-21+,29-27+. The number of ether oxygens (including phenoxy) is 6. The number of aliphatic hydroxyl groups excluding tert-OH is 11. The van der Waals surface area contributed by atoms with Crippen LogP contribution in [-0.4, -0.2) is 193 Å². The van der Waals surface area contributed by atoms with Crippen molar-refractivity contribution >= 4 is 5.91 Å². The van der Waals surface area contributed by atoms with Crippen LogP contribution in [0.4, 0.5) is 0 Å². The first-order valence-corrected chi connectivity index (χ1v) is 27.1. The molecule has 0 radical (unpaired) electrons. The first-order valence-electron chi connectivity index (χ1n) is 27.1. The van der Waals surface area contributed by atoms with Crippen molar-refractivity contribution in [2.75, 3.05) is 26.4 Å². The minimum absolute atomic E-state index is 0.236. The first-order chi connectivity index (χ1) is 34.3. The Morgan fingerprint density at radius 1 is 0.493 bits per heavy atom. The van der Waals surface area contributed by atoms with Crippen LogP contribution in [0.3, 0.4) is 0 Å². The van der Waals surface area contributed by atoms with Crippen LogP contribution in [0.2, 0.25) is 0 Å². The average Bonchev–Trinajstić information content (AvgIpc) is 3.36. The molecular formula is C52H95NO18. The van der Waals surface area contributed by atoms with E-state index in [0.717, 1.165) is 44.9 Å². The number of aliphatic hydroxyl groups is 11. The van der Waals surface area contributed by atoms with E-state index in [9.17, 15) is 61.0 Å². The van der Waals surface area contributed by atoms with Gasteiger partial charge in [-0.2, -0.15) is 0 Å². The molecule has 0 aromatic heterocycles. The predicted octanol–water partition coefficient (Wildman–Crippen LogP) is 2.81. The molecule has 0 aliphatic carbocycles. The first kappa shape index (κ1) is 63.6. The monoisotopic (exact) mass is 1020 g/mol. The van der Waals surface area contributed by atoms with Crippen LogP contribution in [0.5, 0.6) is 0 Å². The number of hydrogen-bond donors (Lipinski definition) is 12. The van der Waals surface area contributed by atoms with Crippen molar-refractivity contribution in [2.45, 2.75) is 272 Å². The fraction of sp³-hybridized carbons (Fsp3) is 0.904. The van der Waals surface area contributed by atoms with E-state index in [4.69, 9.17) is 28.4 Å². The Morgan fingerprint density at radius 3 is 1.41 bits per heavy atom. The highest BCUT2D eigenvalue weighted by molar-refractivity contribution is 5.76. The number of allylic oxidation sites excluding steroid dienone is 3. The molecule has 17 unspecified atom stereocenters. The molecule has 12 N–H and O–H groups in total. The normalized spacial score (nSPS) is 32.4. The van der Waals surface area contributed by atoms with Crippen molar-refractivity contribution in [1.29, 1.82) is 0 Å². The third-order valence-electron chi connectivity index (χ3n) is 13.8. The van der Waals surface area contributed by atoms with Crippen molar-refractivity contribution in [3.05, 3.63) is 24.3 Å². The van der Waals surface area contributed by atoms with Crippen LogP contribution >= 0.6 is 0 Å². The third kappa shape index (κ3) is 22.6. The molecule has 3 heterocycles. The average molecular weight is 1020 g/mol. The lowest BCUT2D eigenvalue weighted by atomic mass is 9.96. The minimum atomic E-state index is -1.98. The third-order valence-corrected chi connectivity index (χ3v) is 13.8. The van der Waals surface area contributed by atoms with Crippen molar-refractivity contribution in [2.24, 2.45) is 0 Å². The maximum atomic E-state index is 13.2. The highest BCUT2D eigenvalue weighted by atomic mass is 16.8. The van der Waals surface area contributed by atoms with E-state index >= 15 is 0 Å². The van der Waals surface area contributed by atoms with E-state index in [2.05, 4.69) is 31.3 Å². The second kappa shape index (κ2) is 37.1. The van der Waals surface area contributed by atoms with Crippen LogP contribution < -0.4 is 5.32 Å². The zero-order valence-corrected chi connectivity index (χ0v) is 42.7. The summed E-state index contributed by atoms with van der Waals surface area (Å²) in [5.41, 5.74) is 0. The lowest BCUT2D eigenvalue weighted by molar-refractivity contribution is -0.379. The molecule has 3 aliphatic heterocycles. The van der Waals surface area contributed by atoms with Gasteiger partial charge in [0.05, 0.1) is 38.6 Å². The lowest BCUT2D eigenvalue weighted by Gasteiger charge is -2.48. The summed E-state index contributed by atoms with van der Waals surface area (Å²) < 4.78 is 34.1. The molecule has 19 nitrogen and oxygen atoms in total. The van der Waals surface area contributed by atoms with Gasteiger partial charge < -0.3 is 89.9 Å². The summed E-state index contributed by atoms with van der Waals surface area (Å²) >= 11 is 0. The summed E-state index contributed by atoms with van der Waals surface area (Å²) in [6.07, 6.45) is 7.74. The fourth-order valence-corrected chi connectivity index (χ4v) is 9.20. The van der Waals surface area contributed by atoms with Crippen LogP contribution in [0.15, 0.2) is 24.3 Å². The second-order valence-electron chi connectivity index (χ2n) is 19.7. The smallest absolute Gasteiger partial charge is 0.220 e. The maximum Gasteiger partial charge on any atom is 0.220 e. The predicted molar refractivity (Wildman–Crippen MR) is 263 cm³/mol. The van der Waals surface area contributed by atoms with Gasteiger partial charge in [0.2, 0.25) is 5.91 Å². The van der Waals surface area contributed by atoms with Gasteiger partial charge in [0.15, 0.2) is 18.9 Å². The Balaban J connectivity index is 1.54. The van der Waals surface area contributed by atoms with Gasteiger partial charge in [0.1, 0.15) is 73.2 Å². The van der Waals surface area contributed by atoms with Crippen molar-refractivity contribution in [1.82, 2.24) is 5.32 Å². The molecule has 0 aromatic carbocycles. The molecule has 416 valence electrons. The quantitative estimate of drug-likeness (QED) is 0.0313. The van der Waals surface area contributed by atoms with Gasteiger partial charge in [-0.05, 0) is 32.1 Å². The Labute approximate surface area is 422 Å². The molecule has 0 aromatic rings. The Morgan fingerprint density at radius 2 is 0.901 bits per heavy atom. The van der Waals surface area contributed by atoms with Crippen LogP contribution in [0.25, 0.3) is 0 Å². The summed E-state index contributed by atoms with van der Waals surface area (Å²) in [6.45, 7) is 1.63. The number of carbonyl (C=O) groups excluding carboxylic acids is 1. The van der Waals surface area contributed by atoms with Crippen LogP contribution in [-0.2, 0) is 33.2 Å². The maximum absolute atomic E-state index is 13.2. The van der Waals surface area contributed by atoms with Crippen molar-refractivity contribution in [3.63, 3.8) is 0 Å². The SMILES string of the molecule is CCCCCCCCCCCCCC/C=C/CC/C=C/C(O)C(COC1OC(CO)C(OC2OC(CO)C(OC3OC(CO)C(O)C(O)C3O)C(O)C2O)C(O)C1O)NC(=O)CCCCCCCCCC. The van der Waals surface area contributed by atoms with E-state index in [-0.39, 0.29) is 18.9 Å². The number of unbranched alkanes of at least 4 members (excludes halogenated alkanes) is 20. The Kier molecular flexibility index (Phi) is 33.2. The summed E-state index contributed by atoms with van der Waals surface area (Å²) in [5, 5.41) is 120. The zero-order chi connectivity index (χ0) is 52.0. The number of nitrogens with one attached hydrogen (secondary N) is 1. The molecule has 3 fully saturated rings. The molecule has 0 bridgehead atoms. The Hall–Kier alpha value is -1.73. The zero-order valence-electron chi connectivity index (χ0n) is 42.7. The summed E-state index contributed by atoms with van der Waals surface area (Å²) in [5.74, 6) is -0.292. The summed E-state index contributed by atoms with van der Waals surface area (Å²) in [7, 11) is 0.